The molecule has 0 heterocycles. The van der Waals surface area contributed by atoms with Gasteiger partial charge in [-0.2, -0.15) is 0 Å². The fraction of sp³-hybridized carbons (Fsp3) is 0.769. The van der Waals surface area contributed by atoms with Crippen LogP contribution in [0.4, 0.5) is 0 Å². The number of carbonyl (C=O) groups is 1. The molecule has 0 fully saturated rings. The van der Waals surface area contributed by atoms with E-state index in [1.54, 1.807) is 0 Å². The summed E-state index contributed by atoms with van der Waals surface area (Å²) in [7, 11) is 0. The van der Waals surface area contributed by atoms with Crippen LogP contribution in [0, 0.1) is 5.92 Å². The largest absolute Gasteiger partial charge is 0.366 e. The monoisotopic (exact) mass is 211 g/mol. The second-order valence-electron chi connectivity index (χ2n) is 4.39. The van der Waals surface area contributed by atoms with Crippen LogP contribution in [0.15, 0.2) is 11.1 Å². The highest BCUT2D eigenvalue weighted by atomic mass is 16.1. The molecule has 1 unspecified atom stereocenters. The summed E-state index contributed by atoms with van der Waals surface area (Å²) < 4.78 is 0. The van der Waals surface area contributed by atoms with E-state index in [9.17, 15) is 4.79 Å². The lowest BCUT2D eigenvalue weighted by Gasteiger charge is -2.15. The Morgan fingerprint density at radius 3 is 2.27 bits per heavy atom. The van der Waals surface area contributed by atoms with Gasteiger partial charge in [-0.25, -0.2) is 0 Å². The molecule has 15 heavy (non-hydrogen) atoms. The summed E-state index contributed by atoms with van der Waals surface area (Å²) >= 11 is 0. The first-order chi connectivity index (χ1) is 7.02. The molecule has 1 amide bonds. The standard InChI is InChI=1S/C13H25NO/c1-5-7-8-12(6-2)9-10(3)11(4)13(14)15/h12H,5-9H2,1-4H3,(H2,14,15). The summed E-state index contributed by atoms with van der Waals surface area (Å²) in [4.78, 5) is 11.0. The maximum Gasteiger partial charge on any atom is 0.244 e. The van der Waals surface area contributed by atoms with Crippen molar-refractivity contribution in [2.45, 2.75) is 59.8 Å². The molecule has 0 aromatic heterocycles. The number of nitrogens with two attached hydrogens (primary N) is 1. The van der Waals surface area contributed by atoms with Crippen LogP contribution in [-0.4, -0.2) is 5.91 Å². The molecule has 0 radical (unpaired) electrons. The van der Waals surface area contributed by atoms with Crippen molar-refractivity contribution < 1.29 is 4.79 Å². The fourth-order valence-corrected chi connectivity index (χ4v) is 1.74. The van der Waals surface area contributed by atoms with Gasteiger partial charge in [0.2, 0.25) is 5.91 Å². The maximum absolute atomic E-state index is 11.0. The van der Waals surface area contributed by atoms with Crippen LogP contribution in [0.1, 0.15) is 59.8 Å². The predicted octanol–water partition coefficient (Wildman–Crippen LogP) is 3.41. The minimum Gasteiger partial charge on any atom is -0.366 e. The summed E-state index contributed by atoms with van der Waals surface area (Å²) in [5, 5.41) is 0. The highest BCUT2D eigenvalue weighted by molar-refractivity contribution is 5.91. The fourth-order valence-electron chi connectivity index (χ4n) is 1.74. The Morgan fingerprint density at radius 1 is 1.27 bits per heavy atom. The number of rotatable bonds is 7. The van der Waals surface area contributed by atoms with Crippen LogP contribution in [0.5, 0.6) is 0 Å². The molecular formula is C13H25NO. The van der Waals surface area contributed by atoms with Crippen LogP contribution >= 0.6 is 0 Å². The van der Waals surface area contributed by atoms with E-state index in [0.29, 0.717) is 5.92 Å². The zero-order valence-electron chi connectivity index (χ0n) is 10.6. The molecular weight excluding hydrogens is 186 g/mol. The van der Waals surface area contributed by atoms with Gasteiger partial charge in [0.05, 0.1) is 0 Å². The van der Waals surface area contributed by atoms with Crippen molar-refractivity contribution >= 4 is 5.91 Å². The highest BCUT2D eigenvalue weighted by Crippen LogP contribution is 2.22. The van der Waals surface area contributed by atoms with Gasteiger partial charge in [0.15, 0.2) is 0 Å². The number of carbonyl (C=O) groups excluding carboxylic acids is 1. The Labute approximate surface area is 93.9 Å². The minimum absolute atomic E-state index is 0.280. The predicted molar refractivity (Wildman–Crippen MR) is 65.5 cm³/mol. The van der Waals surface area contributed by atoms with Gasteiger partial charge in [-0.15, -0.1) is 0 Å². The highest BCUT2D eigenvalue weighted by Gasteiger charge is 2.10. The zero-order chi connectivity index (χ0) is 11.8. The van der Waals surface area contributed by atoms with Gasteiger partial charge < -0.3 is 5.73 Å². The Kier molecular flexibility index (Phi) is 7.10. The third kappa shape index (κ3) is 5.60. The van der Waals surface area contributed by atoms with Crippen LogP contribution < -0.4 is 5.73 Å². The van der Waals surface area contributed by atoms with Gasteiger partial charge in [-0.3, -0.25) is 4.79 Å². The average Bonchev–Trinajstić information content (AvgIpc) is 2.22. The molecule has 0 bridgehead atoms. The number of hydrogen-bond donors (Lipinski definition) is 1. The summed E-state index contributed by atoms with van der Waals surface area (Å²) in [5.41, 5.74) is 7.16. The third-order valence-electron chi connectivity index (χ3n) is 3.15. The molecule has 0 rings (SSSR count). The first-order valence-corrected chi connectivity index (χ1v) is 5.99. The molecule has 0 aliphatic heterocycles. The topological polar surface area (TPSA) is 43.1 Å². The van der Waals surface area contributed by atoms with Gasteiger partial charge in [-0.1, -0.05) is 45.1 Å². The molecule has 0 aliphatic rings. The van der Waals surface area contributed by atoms with Crippen LogP contribution in [-0.2, 0) is 4.79 Å². The van der Waals surface area contributed by atoms with Gasteiger partial charge in [-0.05, 0) is 26.2 Å². The number of hydrogen-bond acceptors (Lipinski definition) is 1. The van der Waals surface area contributed by atoms with Gasteiger partial charge >= 0.3 is 0 Å². The van der Waals surface area contributed by atoms with E-state index in [-0.39, 0.29) is 5.91 Å². The molecule has 2 nitrogen and oxygen atoms in total. The Balaban J connectivity index is 4.28. The van der Waals surface area contributed by atoms with Crippen LogP contribution in [0.25, 0.3) is 0 Å². The van der Waals surface area contributed by atoms with Crippen molar-refractivity contribution in [3.05, 3.63) is 11.1 Å². The normalized spacial score (nSPS) is 14.7. The van der Waals surface area contributed by atoms with E-state index in [1.165, 1.54) is 25.7 Å². The molecule has 0 saturated heterocycles. The smallest absolute Gasteiger partial charge is 0.244 e. The van der Waals surface area contributed by atoms with Crippen molar-refractivity contribution in [2.75, 3.05) is 0 Å². The SMILES string of the molecule is CCCCC(CC)CC(C)=C(C)C(N)=O. The molecule has 0 saturated carbocycles. The molecule has 2 heteroatoms. The van der Waals surface area contributed by atoms with Crippen molar-refractivity contribution in [1.29, 1.82) is 0 Å². The summed E-state index contributed by atoms with van der Waals surface area (Å²) in [6, 6.07) is 0. The lowest BCUT2D eigenvalue weighted by molar-refractivity contribution is -0.114. The molecule has 0 aromatic rings. The molecule has 0 spiro atoms. The number of amides is 1. The van der Waals surface area contributed by atoms with Crippen molar-refractivity contribution in [1.82, 2.24) is 0 Å². The van der Waals surface area contributed by atoms with Gasteiger partial charge in [0, 0.05) is 5.57 Å². The van der Waals surface area contributed by atoms with Crippen molar-refractivity contribution in [3.8, 4) is 0 Å². The molecule has 1 atom stereocenters. The zero-order valence-corrected chi connectivity index (χ0v) is 10.6. The molecule has 2 N–H and O–H groups in total. The quantitative estimate of drug-likeness (QED) is 0.644. The second kappa shape index (κ2) is 7.49. The van der Waals surface area contributed by atoms with E-state index in [0.717, 1.165) is 17.6 Å². The molecule has 0 aromatic carbocycles. The minimum atomic E-state index is -0.280. The van der Waals surface area contributed by atoms with Gasteiger partial charge in [0.25, 0.3) is 0 Å². The third-order valence-corrected chi connectivity index (χ3v) is 3.15. The summed E-state index contributed by atoms with van der Waals surface area (Å²) in [6.07, 6.45) is 5.99. The number of unbranched alkanes of at least 4 members (excludes halogenated alkanes) is 1. The summed E-state index contributed by atoms with van der Waals surface area (Å²) in [5.74, 6) is 0.428. The second-order valence-corrected chi connectivity index (χ2v) is 4.39. The first kappa shape index (κ1) is 14.2. The van der Waals surface area contributed by atoms with Crippen LogP contribution in [0.2, 0.25) is 0 Å². The lowest BCUT2D eigenvalue weighted by atomic mass is 9.90. The van der Waals surface area contributed by atoms with Gasteiger partial charge in [0.1, 0.15) is 0 Å². The van der Waals surface area contributed by atoms with Crippen molar-refractivity contribution in [3.63, 3.8) is 0 Å². The van der Waals surface area contributed by atoms with E-state index in [2.05, 4.69) is 13.8 Å². The number of allylic oxidation sites excluding steroid dienone is 1. The molecule has 0 aliphatic carbocycles. The maximum atomic E-state index is 11.0. The van der Waals surface area contributed by atoms with E-state index in [1.807, 2.05) is 13.8 Å². The van der Waals surface area contributed by atoms with Crippen LogP contribution in [0.3, 0.4) is 0 Å². The van der Waals surface area contributed by atoms with E-state index >= 15 is 0 Å². The summed E-state index contributed by atoms with van der Waals surface area (Å²) in [6.45, 7) is 8.27. The molecule has 88 valence electrons. The van der Waals surface area contributed by atoms with E-state index in [4.69, 9.17) is 5.73 Å². The Morgan fingerprint density at radius 2 is 1.87 bits per heavy atom. The Bertz CT molecular complexity index is 231. The first-order valence-electron chi connectivity index (χ1n) is 5.99. The van der Waals surface area contributed by atoms with Crippen molar-refractivity contribution in [2.24, 2.45) is 11.7 Å². The lowest BCUT2D eigenvalue weighted by Crippen LogP contribution is -2.14. The average molecular weight is 211 g/mol. The number of primary amides is 1. The Hall–Kier alpha value is -0.790. The van der Waals surface area contributed by atoms with E-state index < -0.39 is 0 Å².